The van der Waals surface area contributed by atoms with Crippen LogP contribution in [0.5, 0.6) is 0 Å². The van der Waals surface area contributed by atoms with E-state index in [0.29, 0.717) is 5.56 Å². The summed E-state index contributed by atoms with van der Waals surface area (Å²) in [5, 5.41) is 32.6. The maximum Gasteiger partial charge on any atom is 0.170 e. The molecule has 3 aliphatic rings. The van der Waals surface area contributed by atoms with Crippen molar-refractivity contribution in [1.82, 2.24) is 0 Å². The molecule has 0 amide bonds. The minimum atomic E-state index is -2.35. The maximum atomic E-state index is 13.1. The molecule has 5 atom stereocenters. The van der Waals surface area contributed by atoms with Crippen LogP contribution >= 0.6 is 0 Å². The van der Waals surface area contributed by atoms with Gasteiger partial charge in [-0.15, -0.1) is 0 Å². The van der Waals surface area contributed by atoms with Gasteiger partial charge in [0.2, 0.25) is 0 Å². The molecule has 0 aliphatic heterocycles. The second-order valence-electron chi connectivity index (χ2n) is 7.97. The molecule has 0 spiro atoms. The maximum absolute atomic E-state index is 13.1. The Labute approximate surface area is 144 Å². The van der Waals surface area contributed by atoms with Crippen molar-refractivity contribution in [2.24, 2.45) is 11.8 Å². The van der Waals surface area contributed by atoms with Gasteiger partial charge in [-0.1, -0.05) is 24.3 Å². The molecule has 6 heteroatoms. The first-order chi connectivity index (χ1) is 11.6. The summed E-state index contributed by atoms with van der Waals surface area (Å²) in [7, 11) is 0. The van der Waals surface area contributed by atoms with Crippen LogP contribution in [0.15, 0.2) is 24.3 Å². The van der Waals surface area contributed by atoms with Gasteiger partial charge in [-0.2, -0.15) is 0 Å². The van der Waals surface area contributed by atoms with E-state index in [-0.39, 0.29) is 37.0 Å². The molecule has 1 aromatic rings. The monoisotopic (exact) mass is 344 g/mol. The Morgan fingerprint density at radius 2 is 1.60 bits per heavy atom. The van der Waals surface area contributed by atoms with Crippen LogP contribution in [0.4, 0.5) is 0 Å². The summed E-state index contributed by atoms with van der Waals surface area (Å²) in [5.74, 6) is -3.69. The summed E-state index contributed by atoms with van der Waals surface area (Å²) in [5.41, 5.74) is -5.24. The van der Waals surface area contributed by atoms with Gasteiger partial charge in [0.1, 0.15) is 5.60 Å². The van der Waals surface area contributed by atoms with E-state index in [9.17, 15) is 29.7 Å². The van der Waals surface area contributed by atoms with Crippen molar-refractivity contribution in [3.63, 3.8) is 0 Å². The molecule has 2 saturated carbocycles. The summed E-state index contributed by atoms with van der Waals surface area (Å²) >= 11 is 0. The molecule has 132 valence electrons. The van der Waals surface area contributed by atoms with Gasteiger partial charge in [0.25, 0.3) is 0 Å². The highest BCUT2D eigenvalue weighted by Crippen LogP contribution is 2.55. The molecule has 2 unspecified atom stereocenters. The topological polar surface area (TPSA) is 112 Å². The molecule has 0 aromatic heterocycles. The molecule has 25 heavy (non-hydrogen) atoms. The fraction of sp³-hybridized carbons (Fsp3) is 0.526. The summed E-state index contributed by atoms with van der Waals surface area (Å²) in [6, 6.07) is 6.37. The number of ketones is 3. The van der Waals surface area contributed by atoms with Crippen LogP contribution in [0.25, 0.3) is 0 Å². The van der Waals surface area contributed by atoms with Gasteiger partial charge in [-0.25, -0.2) is 0 Å². The van der Waals surface area contributed by atoms with E-state index < -0.39 is 40.2 Å². The smallest absolute Gasteiger partial charge is 0.170 e. The van der Waals surface area contributed by atoms with E-state index in [4.69, 9.17) is 0 Å². The fourth-order valence-electron chi connectivity index (χ4n) is 5.10. The van der Waals surface area contributed by atoms with E-state index in [2.05, 4.69) is 0 Å². The molecule has 3 N–H and O–H groups in total. The second kappa shape index (κ2) is 4.84. The number of fused-ring (bicyclic) bond motifs is 4. The lowest BCUT2D eigenvalue weighted by molar-refractivity contribution is -0.235. The van der Waals surface area contributed by atoms with Gasteiger partial charge in [0.15, 0.2) is 23.0 Å². The molecular weight excluding hydrogens is 324 g/mol. The summed E-state index contributed by atoms with van der Waals surface area (Å²) in [4.78, 5) is 38.7. The van der Waals surface area contributed by atoms with Gasteiger partial charge < -0.3 is 15.3 Å². The number of rotatable bonds is 0. The van der Waals surface area contributed by atoms with E-state index in [0.717, 1.165) is 0 Å². The lowest BCUT2D eigenvalue weighted by Gasteiger charge is -2.57. The molecule has 2 fully saturated rings. The third-order valence-corrected chi connectivity index (χ3v) is 6.15. The first-order valence-electron chi connectivity index (χ1n) is 8.49. The Balaban J connectivity index is 1.89. The Hall–Kier alpha value is -1.89. The average molecular weight is 344 g/mol. The highest BCUT2D eigenvalue weighted by molar-refractivity contribution is 6.18. The zero-order valence-electron chi connectivity index (χ0n) is 13.9. The van der Waals surface area contributed by atoms with Crippen LogP contribution in [0.1, 0.15) is 53.3 Å². The predicted octanol–water partition coefficient (Wildman–Crippen LogP) is 0.668. The van der Waals surface area contributed by atoms with Crippen molar-refractivity contribution >= 4 is 17.3 Å². The first-order valence-corrected chi connectivity index (χ1v) is 8.49. The number of benzene rings is 1. The number of Topliss-reactive ketones (excluding diaryl/α,β-unsaturated/α-hetero) is 3. The number of hydrogen-bond acceptors (Lipinski definition) is 6. The third-order valence-electron chi connectivity index (χ3n) is 6.15. The third kappa shape index (κ3) is 1.99. The molecule has 0 saturated heterocycles. The highest BCUT2D eigenvalue weighted by atomic mass is 16.4. The van der Waals surface area contributed by atoms with Gasteiger partial charge >= 0.3 is 0 Å². The van der Waals surface area contributed by atoms with E-state index in [1.54, 1.807) is 18.2 Å². The van der Waals surface area contributed by atoms with Crippen LogP contribution in [-0.2, 0) is 4.79 Å². The van der Waals surface area contributed by atoms with Gasteiger partial charge in [-0.05, 0) is 19.8 Å². The lowest BCUT2D eigenvalue weighted by Crippen LogP contribution is -2.75. The fourth-order valence-corrected chi connectivity index (χ4v) is 5.10. The van der Waals surface area contributed by atoms with Gasteiger partial charge in [-0.3, -0.25) is 14.4 Å². The minimum Gasteiger partial charge on any atom is -0.390 e. The average Bonchev–Trinajstić information content (AvgIpc) is 2.53. The molecule has 3 aliphatic carbocycles. The molecule has 6 nitrogen and oxygen atoms in total. The zero-order chi connectivity index (χ0) is 18.2. The van der Waals surface area contributed by atoms with Crippen molar-refractivity contribution in [2.75, 3.05) is 0 Å². The Morgan fingerprint density at radius 3 is 2.24 bits per heavy atom. The van der Waals surface area contributed by atoms with Crippen LogP contribution in [0, 0.1) is 11.8 Å². The van der Waals surface area contributed by atoms with Crippen LogP contribution in [-0.4, -0.2) is 49.5 Å². The van der Waals surface area contributed by atoms with Crippen LogP contribution < -0.4 is 0 Å². The van der Waals surface area contributed by atoms with Crippen molar-refractivity contribution in [2.45, 2.75) is 49.4 Å². The van der Waals surface area contributed by atoms with E-state index in [1.165, 1.54) is 13.0 Å². The molecule has 0 bridgehead atoms. The molecular formula is C19H20O6. The number of carbonyl (C=O) groups is 3. The van der Waals surface area contributed by atoms with Crippen LogP contribution in [0.2, 0.25) is 0 Å². The van der Waals surface area contributed by atoms with Crippen LogP contribution in [0.3, 0.4) is 0 Å². The van der Waals surface area contributed by atoms with Gasteiger partial charge in [0.05, 0.1) is 11.5 Å². The number of aliphatic hydroxyl groups is 3. The normalized spacial score (nSPS) is 43.3. The SMILES string of the molecule is C[C@]1(O)CC(=O)[C@]2(O)C3C(=O)c4ccccc4C(=O)C3CC[C@]2(O)C1. The van der Waals surface area contributed by atoms with Crippen molar-refractivity contribution < 1.29 is 29.7 Å². The standard InChI is InChI=1S/C19H20O6/c1-17(23)8-13(20)19(25)14-12(6-7-18(19,24)9-17)15(21)10-4-2-3-5-11(10)16(14)22/h2-5,12,14,23-25H,6-9H2,1H3/t12?,14?,17-,18-,19-/m0/s1. The Bertz CT molecular complexity index is 812. The number of carbonyl (C=O) groups excluding carboxylic acids is 3. The molecule has 4 rings (SSSR count). The second-order valence-corrected chi connectivity index (χ2v) is 7.97. The Morgan fingerprint density at radius 1 is 1.00 bits per heavy atom. The van der Waals surface area contributed by atoms with E-state index in [1.807, 2.05) is 0 Å². The van der Waals surface area contributed by atoms with Crippen molar-refractivity contribution in [3.8, 4) is 0 Å². The first kappa shape index (κ1) is 16.6. The largest absolute Gasteiger partial charge is 0.390 e. The van der Waals surface area contributed by atoms with Gasteiger partial charge in [0, 0.05) is 29.9 Å². The molecule has 0 heterocycles. The molecule has 1 aromatic carbocycles. The Kier molecular flexibility index (Phi) is 3.21. The predicted molar refractivity (Wildman–Crippen MR) is 86.1 cm³/mol. The summed E-state index contributed by atoms with van der Waals surface area (Å²) in [6.07, 6.45) is -0.411. The van der Waals surface area contributed by atoms with Crippen molar-refractivity contribution in [3.05, 3.63) is 35.4 Å². The highest BCUT2D eigenvalue weighted by Gasteiger charge is 2.70. The lowest BCUT2D eigenvalue weighted by atomic mass is 9.49. The van der Waals surface area contributed by atoms with Crippen molar-refractivity contribution in [1.29, 1.82) is 0 Å². The molecule has 0 radical (unpaired) electrons. The quantitative estimate of drug-likeness (QED) is 0.638. The number of hydrogen-bond donors (Lipinski definition) is 3. The summed E-state index contributed by atoms with van der Waals surface area (Å²) < 4.78 is 0. The van der Waals surface area contributed by atoms with E-state index >= 15 is 0 Å². The zero-order valence-corrected chi connectivity index (χ0v) is 13.9. The minimum absolute atomic E-state index is 0.0201. The summed E-state index contributed by atoms with van der Waals surface area (Å²) in [6.45, 7) is 1.43.